The summed E-state index contributed by atoms with van der Waals surface area (Å²) in [6, 6.07) is 8.13. The minimum atomic E-state index is -1.10. The van der Waals surface area contributed by atoms with Crippen LogP contribution in [0.4, 0.5) is 21.5 Å². The fourth-order valence-electron chi connectivity index (χ4n) is 1.59. The number of halogens is 2. The topological polar surface area (TPSA) is 75.4 Å². The molecule has 2 aromatic carbocycles. The van der Waals surface area contributed by atoms with Crippen molar-refractivity contribution in [2.45, 2.75) is 0 Å². The Hall–Kier alpha value is -2.27. The van der Waals surface area contributed by atoms with Crippen LogP contribution in [0.15, 0.2) is 36.4 Å². The van der Waals surface area contributed by atoms with Gasteiger partial charge in [0.15, 0.2) is 0 Å². The normalized spacial score (nSPS) is 10.2. The number of aromatic carboxylic acids is 1. The molecule has 0 bridgehead atoms. The molecule has 0 saturated carbocycles. The van der Waals surface area contributed by atoms with Gasteiger partial charge < -0.3 is 16.2 Å². The van der Waals surface area contributed by atoms with Crippen LogP contribution in [-0.4, -0.2) is 11.1 Å². The number of nitrogens with one attached hydrogen (secondary N) is 1. The number of rotatable bonds is 3. The van der Waals surface area contributed by atoms with Gasteiger partial charge in [-0.05, 0) is 36.4 Å². The van der Waals surface area contributed by atoms with E-state index in [4.69, 9.17) is 22.4 Å². The van der Waals surface area contributed by atoms with Gasteiger partial charge in [0.25, 0.3) is 0 Å². The summed E-state index contributed by atoms with van der Waals surface area (Å²) in [6.45, 7) is 0. The number of nitrogens with two attached hydrogens (primary N) is 1. The Morgan fingerprint density at radius 1 is 1.21 bits per heavy atom. The molecule has 0 aliphatic heterocycles. The highest BCUT2D eigenvalue weighted by Gasteiger charge is 2.11. The lowest BCUT2D eigenvalue weighted by molar-refractivity contribution is 0.0698. The zero-order valence-corrected chi connectivity index (χ0v) is 10.4. The van der Waals surface area contributed by atoms with Gasteiger partial charge in [-0.25, -0.2) is 9.18 Å². The van der Waals surface area contributed by atoms with Crippen LogP contribution in [0.25, 0.3) is 0 Å². The van der Waals surface area contributed by atoms with E-state index in [9.17, 15) is 9.18 Å². The summed E-state index contributed by atoms with van der Waals surface area (Å²) < 4.78 is 12.9. The second kappa shape index (κ2) is 5.16. The van der Waals surface area contributed by atoms with Crippen LogP contribution in [0.3, 0.4) is 0 Å². The molecule has 0 amide bonds. The van der Waals surface area contributed by atoms with Crippen molar-refractivity contribution in [1.29, 1.82) is 0 Å². The van der Waals surface area contributed by atoms with Crippen molar-refractivity contribution in [3.05, 3.63) is 52.8 Å². The molecule has 0 radical (unpaired) electrons. The van der Waals surface area contributed by atoms with Crippen molar-refractivity contribution >= 4 is 34.6 Å². The van der Waals surface area contributed by atoms with Crippen LogP contribution < -0.4 is 11.1 Å². The number of carboxylic acid groups (broad SMARTS) is 1. The molecule has 98 valence electrons. The smallest absolute Gasteiger partial charge is 0.337 e. The zero-order valence-electron chi connectivity index (χ0n) is 9.65. The monoisotopic (exact) mass is 280 g/mol. The molecule has 0 aliphatic carbocycles. The lowest BCUT2D eigenvalue weighted by atomic mass is 10.1. The van der Waals surface area contributed by atoms with E-state index in [0.29, 0.717) is 17.1 Å². The maximum Gasteiger partial charge on any atom is 0.337 e. The predicted molar refractivity (Wildman–Crippen MR) is 72.5 cm³/mol. The third kappa shape index (κ3) is 2.95. The highest BCUT2D eigenvalue weighted by atomic mass is 35.5. The van der Waals surface area contributed by atoms with Crippen LogP contribution in [0.5, 0.6) is 0 Å². The Labute approximate surface area is 113 Å². The summed E-state index contributed by atoms with van der Waals surface area (Å²) in [5, 5.41) is 12.1. The quantitative estimate of drug-likeness (QED) is 0.752. The van der Waals surface area contributed by atoms with E-state index >= 15 is 0 Å². The standard InChI is InChI=1S/C13H10ClFN2O2/c14-10-5-7(15)1-4-11(10)17-12-6-8(16)2-3-9(12)13(18)19/h1-6,17H,16H2,(H,18,19). The molecule has 0 atom stereocenters. The summed E-state index contributed by atoms with van der Waals surface area (Å²) in [5.41, 5.74) is 6.77. The van der Waals surface area contributed by atoms with E-state index in [1.165, 1.54) is 30.3 Å². The largest absolute Gasteiger partial charge is 0.478 e. The van der Waals surface area contributed by atoms with Crippen LogP contribution in [-0.2, 0) is 0 Å². The van der Waals surface area contributed by atoms with E-state index in [1.807, 2.05) is 0 Å². The molecule has 2 rings (SSSR count). The molecular formula is C13H10ClFN2O2. The van der Waals surface area contributed by atoms with Crippen molar-refractivity contribution in [3.8, 4) is 0 Å². The van der Waals surface area contributed by atoms with Crippen LogP contribution >= 0.6 is 11.6 Å². The van der Waals surface area contributed by atoms with E-state index in [-0.39, 0.29) is 10.6 Å². The van der Waals surface area contributed by atoms with Crippen molar-refractivity contribution < 1.29 is 14.3 Å². The highest BCUT2D eigenvalue weighted by Crippen LogP contribution is 2.29. The average molecular weight is 281 g/mol. The molecular weight excluding hydrogens is 271 g/mol. The highest BCUT2D eigenvalue weighted by molar-refractivity contribution is 6.33. The third-order valence-electron chi connectivity index (χ3n) is 2.47. The van der Waals surface area contributed by atoms with Gasteiger partial charge in [-0.2, -0.15) is 0 Å². The first kappa shape index (κ1) is 13.2. The number of hydrogen-bond donors (Lipinski definition) is 3. The van der Waals surface area contributed by atoms with E-state index in [1.54, 1.807) is 0 Å². The minimum absolute atomic E-state index is 0.0505. The van der Waals surface area contributed by atoms with Crippen molar-refractivity contribution in [2.75, 3.05) is 11.1 Å². The molecule has 6 heteroatoms. The molecule has 2 aromatic rings. The summed E-state index contributed by atoms with van der Waals surface area (Å²) in [5.74, 6) is -1.57. The molecule has 0 heterocycles. The van der Waals surface area contributed by atoms with E-state index in [0.717, 1.165) is 6.07 Å². The molecule has 4 N–H and O–H groups in total. The molecule has 19 heavy (non-hydrogen) atoms. The maximum absolute atomic E-state index is 12.9. The van der Waals surface area contributed by atoms with E-state index in [2.05, 4.69) is 5.32 Å². The molecule has 0 unspecified atom stereocenters. The van der Waals surface area contributed by atoms with Crippen molar-refractivity contribution in [2.24, 2.45) is 0 Å². The number of benzene rings is 2. The van der Waals surface area contributed by atoms with Gasteiger partial charge in [0, 0.05) is 5.69 Å². The molecule has 0 fully saturated rings. The molecule has 0 aliphatic rings. The number of carboxylic acids is 1. The Morgan fingerprint density at radius 3 is 2.58 bits per heavy atom. The zero-order chi connectivity index (χ0) is 14.0. The third-order valence-corrected chi connectivity index (χ3v) is 2.79. The van der Waals surface area contributed by atoms with Gasteiger partial charge in [-0.3, -0.25) is 0 Å². The SMILES string of the molecule is Nc1ccc(C(=O)O)c(Nc2ccc(F)cc2Cl)c1. The van der Waals surface area contributed by atoms with Crippen LogP contribution in [0, 0.1) is 5.82 Å². The number of hydrogen-bond acceptors (Lipinski definition) is 3. The molecule has 0 spiro atoms. The molecule has 4 nitrogen and oxygen atoms in total. The first-order chi connectivity index (χ1) is 8.97. The fraction of sp³-hybridized carbons (Fsp3) is 0. The number of carbonyl (C=O) groups is 1. The van der Waals surface area contributed by atoms with Gasteiger partial charge >= 0.3 is 5.97 Å². The van der Waals surface area contributed by atoms with Gasteiger partial charge in [0.2, 0.25) is 0 Å². The molecule has 0 aromatic heterocycles. The first-order valence-electron chi connectivity index (χ1n) is 5.32. The first-order valence-corrected chi connectivity index (χ1v) is 5.70. The fourth-order valence-corrected chi connectivity index (χ4v) is 1.80. The van der Waals surface area contributed by atoms with Gasteiger partial charge in [-0.1, -0.05) is 11.6 Å². The Bertz CT molecular complexity index is 647. The Morgan fingerprint density at radius 2 is 1.95 bits per heavy atom. The summed E-state index contributed by atoms with van der Waals surface area (Å²) in [6.07, 6.45) is 0. The second-order valence-corrected chi connectivity index (χ2v) is 4.27. The van der Waals surface area contributed by atoms with Crippen molar-refractivity contribution in [3.63, 3.8) is 0 Å². The summed E-state index contributed by atoms with van der Waals surface area (Å²) >= 11 is 5.87. The van der Waals surface area contributed by atoms with Crippen molar-refractivity contribution in [1.82, 2.24) is 0 Å². The van der Waals surface area contributed by atoms with Gasteiger partial charge in [-0.15, -0.1) is 0 Å². The lowest BCUT2D eigenvalue weighted by Crippen LogP contribution is -2.04. The number of nitrogen functional groups attached to an aromatic ring is 1. The average Bonchev–Trinajstić information content (AvgIpc) is 2.32. The maximum atomic E-state index is 12.9. The Balaban J connectivity index is 2.42. The minimum Gasteiger partial charge on any atom is -0.478 e. The lowest BCUT2D eigenvalue weighted by Gasteiger charge is -2.11. The molecule has 0 saturated heterocycles. The van der Waals surface area contributed by atoms with E-state index < -0.39 is 11.8 Å². The number of anilines is 3. The summed E-state index contributed by atoms with van der Waals surface area (Å²) in [7, 11) is 0. The van der Waals surface area contributed by atoms with Gasteiger partial charge in [0.1, 0.15) is 5.82 Å². The summed E-state index contributed by atoms with van der Waals surface area (Å²) in [4.78, 5) is 11.1. The van der Waals surface area contributed by atoms with Gasteiger partial charge in [0.05, 0.1) is 22.0 Å². The van der Waals surface area contributed by atoms with Crippen LogP contribution in [0.1, 0.15) is 10.4 Å². The Kier molecular flexibility index (Phi) is 3.57. The van der Waals surface area contributed by atoms with Crippen LogP contribution in [0.2, 0.25) is 5.02 Å². The second-order valence-electron chi connectivity index (χ2n) is 3.86. The predicted octanol–water partition coefficient (Wildman–Crippen LogP) is 3.50.